The summed E-state index contributed by atoms with van der Waals surface area (Å²) in [6.07, 6.45) is 1.84. The van der Waals surface area contributed by atoms with Gasteiger partial charge in [-0.05, 0) is 49.7 Å². The highest BCUT2D eigenvalue weighted by molar-refractivity contribution is 6.09. The Labute approximate surface area is 267 Å². The fraction of sp³-hybridized carbons (Fsp3) is 0.294. The summed E-state index contributed by atoms with van der Waals surface area (Å²) in [5, 5.41) is 6.02. The molecule has 0 unspecified atom stereocenters. The zero-order valence-corrected chi connectivity index (χ0v) is 25.9. The van der Waals surface area contributed by atoms with Crippen molar-refractivity contribution in [3.05, 3.63) is 89.3 Å². The lowest BCUT2D eigenvalue weighted by Crippen LogP contribution is -2.58. The number of imidazole rings is 1. The van der Waals surface area contributed by atoms with Crippen LogP contribution in [0.25, 0.3) is 27.7 Å². The molecule has 0 radical (unpaired) electrons. The first-order chi connectivity index (χ1) is 22.4. The molecular formula is C34H31F3N6O4. The Balaban J connectivity index is 1.21. The van der Waals surface area contributed by atoms with Gasteiger partial charge in [0.1, 0.15) is 17.0 Å². The number of fused-ring (bicyclic) bond motifs is 4. The van der Waals surface area contributed by atoms with E-state index in [-0.39, 0.29) is 46.3 Å². The fourth-order valence-electron chi connectivity index (χ4n) is 6.11. The molecule has 0 bridgehead atoms. The minimum absolute atomic E-state index is 0.0685. The van der Waals surface area contributed by atoms with Gasteiger partial charge in [0.15, 0.2) is 5.75 Å². The number of nitrogens with one attached hydrogen (secondary N) is 2. The summed E-state index contributed by atoms with van der Waals surface area (Å²) in [5.74, 6) is -0.146. The zero-order valence-electron chi connectivity index (χ0n) is 25.9. The largest absolute Gasteiger partial charge is 0.490 e. The molecule has 0 aliphatic carbocycles. The molecule has 13 heteroatoms. The monoisotopic (exact) mass is 644 g/mol. The van der Waals surface area contributed by atoms with Crippen LogP contribution in [0.1, 0.15) is 40.1 Å². The maximum atomic E-state index is 14.6. The van der Waals surface area contributed by atoms with Crippen molar-refractivity contribution in [3.63, 3.8) is 0 Å². The number of alkyl halides is 3. The van der Waals surface area contributed by atoms with Crippen LogP contribution in [0.5, 0.6) is 5.75 Å². The molecule has 1 aromatic carbocycles. The van der Waals surface area contributed by atoms with Crippen molar-refractivity contribution in [3.8, 4) is 16.9 Å². The number of anilines is 1. The van der Waals surface area contributed by atoms with E-state index in [4.69, 9.17) is 9.47 Å². The lowest BCUT2D eigenvalue weighted by molar-refractivity contribution is -0.137. The molecule has 5 aromatic rings. The van der Waals surface area contributed by atoms with Gasteiger partial charge in [-0.25, -0.2) is 4.98 Å². The summed E-state index contributed by atoms with van der Waals surface area (Å²) in [6, 6.07) is 9.09. The van der Waals surface area contributed by atoms with Gasteiger partial charge in [-0.15, -0.1) is 0 Å². The Bertz CT molecular complexity index is 2090. The van der Waals surface area contributed by atoms with E-state index < -0.39 is 17.5 Å². The molecule has 242 valence electrons. The molecule has 1 amide bonds. The number of amides is 1. The highest BCUT2D eigenvalue weighted by Crippen LogP contribution is 2.48. The molecule has 1 fully saturated rings. The molecule has 7 rings (SSSR count). The van der Waals surface area contributed by atoms with Crippen molar-refractivity contribution < 1.29 is 32.2 Å². The van der Waals surface area contributed by atoms with Crippen LogP contribution >= 0.6 is 0 Å². The van der Waals surface area contributed by atoms with Gasteiger partial charge in [0.05, 0.1) is 59.5 Å². The number of nitrogens with zero attached hydrogens (tertiary/aromatic N) is 4. The molecule has 2 aliphatic heterocycles. The van der Waals surface area contributed by atoms with Crippen LogP contribution in [-0.4, -0.2) is 62.5 Å². The maximum Gasteiger partial charge on any atom is 0.417 e. The van der Waals surface area contributed by atoms with Gasteiger partial charge in [-0.3, -0.25) is 14.6 Å². The van der Waals surface area contributed by atoms with E-state index in [0.29, 0.717) is 59.8 Å². The van der Waals surface area contributed by atoms with Gasteiger partial charge in [0, 0.05) is 43.4 Å². The molecule has 47 heavy (non-hydrogen) atoms. The number of carbonyl (C=O) groups excluding carboxylic acids is 2. The minimum atomic E-state index is -4.69. The number of pyridine rings is 2. The van der Waals surface area contributed by atoms with E-state index in [1.165, 1.54) is 18.3 Å². The third-order valence-electron chi connectivity index (χ3n) is 8.67. The summed E-state index contributed by atoms with van der Waals surface area (Å²) >= 11 is 0. The molecule has 0 atom stereocenters. The molecule has 10 nitrogen and oxygen atoms in total. The second-order valence-corrected chi connectivity index (χ2v) is 12.1. The molecule has 1 saturated heterocycles. The Kier molecular flexibility index (Phi) is 7.40. The van der Waals surface area contributed by atoms with Gasteiger partial charge in [0.25, 0.3) is 0 Å². The van der Waals surface area contributed by atoms with Crippen LogP contribution in [0.2, 0.25) is 0 Å². The molecule has 2 aliphatic rings. The van der Waals surface area contributed by atoms with Gasteiger partial charge in [-0.1, -0.05) is 12.1 Å². The van der Waals surface area contributed by atoms with Gasteiger partial charge < -0.3 is 29.1 Å². The average Bonchev–Trinajstić information content (AvgIpc) is 3.53. The summed E-state index contributed by atoms with van der Waals surface area (Å²) in [5.41, 5.74) is 1.85. The van der Waals surface area contributed by atoms with Crippen molar-refractivity contribution in [2.75, 3.05) is 31.7 Å². The van der Waals surface area contributed by atoms with Gasteiger partial charge in [-0.2, -0.15) is 13.2 Å². The normalized spacial score (nSPS) is 15.6. The van der Waals surface area contributed by atoms with E-state index in [2.05, 4.69) is 20.6 Å². The second-order valence-electron chi connectivity index (χ2n) is 12.1. The van der Waals surface area contributed by atoms with Crippen LogP contribution in [0.15, 0.2) is 60.9 Å². The highest BCUT2D eigenvalue weighted by atomic mass is 19.4. The standard InChI is InChI=1S/C34H31F3N6O4/c1-19-40-29-25(42(19)3)15-23(34(35,36)37)28-22-6-5-12-43-26(14-20(30(22)43)10-13-47-32(28)29)31(45)24-9-8-21(16-38-24)41-27(44)7-4-11-39-33(2)17-46-18-33/h4-9,12,14-16,39H,10-11,13,17-18H2,1-3H3,(H,41,44)/b7-4+. The number of hydrogen-bond acceptors (Lipinski definition) is 7. The average molecular weight is 645 g/mol. The molecule has 0 saturated carbocycles. The SMILES string of the molecule is Cc1nc2c3c(c(C(F)(F)F)cc2n1C)-c1cccn2c(C(=O)c4ccc(NC(=O)/C=C/CNC5(C)COC5)cn4)cc(c12)CCO3. The van der Waals surface area contributed by atoms with E-state index in [0.717, 1.165) is 6.07 Å². The zero-order chi connectivity index (χ0) is 33.1. The van der Waals surface area contributed by atoms with E-state index in [1.54, 1.807) is 59.5 Å². The summed E-state index contributed by atoms with van der Waals surface area (Å²) < 4.78 is 58.4. The number of ketones is 1. The molecule has 0 spiro atoms. The van der Waals surface area contributed by atoms with Crippen molar-refractivity contribution in [2.24, 2.45) is 7.05 Å². The molecule has 4 aromatic heterocycles. The second kappa shape index (κ2) is 11.4. The lowest BCUT2D eigenvalue weighted by Gasteiger charge is -2.38. The topological polar surface area (TPSA) is 112 Å². The Morgan fingerprint density at radius 2 is 1.98 bits per heavy atom. The molecule has 6 heterocycles. The third kappa shape index (κ3) is 5.44. The van der Waals surface area contributed by atoms with Crippen LogP contribution in [-0.2, 0) is 29.2 Å². The van der Waals surface area contributed by atoms with Crippen molar-refractivity contribution in [2.45, 2.75) is 32.0 Å². The minimum Gasteiger partial charge on any atom is -0.490 e. The van der Waals surface area contributed by atoms with Crippen LogP contribution < -0.4 is 15.4 Å². The number of hydrogen-bond donors (Lipinski definition) is 2. The van der Waals surface area contributed by atoms with Crippen molar-refractivity contribution in [1.29, 1.82) is 0 Å². The Hall–Kier alpha value is -5.01. The summed E-state index contributed by atoms with van der Waals surface area (Å²) in [7, 11) is 1.67. The maximum absolute atomic E-state index is 14.6. The number of ether oxygens (including phenoxy) is 2. The van der Waals surface area contributed by atoms with Gasteiger partial charge in [0.2, 0.25) is 11.7 Å². The first kappa shape index (κ1) is 30.6. The van der Waals surface area contributed by atoms with E-state index in [1.807, 2.05) is 6.92 Å². The van der Waals surface area contributed by atoms with E-state index >= 15 is 0 Å². The van der Waals surface area contributed by atoms with Gasteiger partial charge >= 0.3 is 6.18 Å². The lowest BCUT2D eigenvalue weighted by atomic mass is 9.94. The Morgan fingerprint density at radius 3 is 2.68 bits per heavy atom. The number of halogens is 3. The first-order valence-corrected chi connectivity index (χ1v) is 15.1. The fourth-order valence-corrected chi connectivity index (χ4v) is 6.11. The number of carbonyl (C=O) groups is 2. The summed E-state index contributed by atoms with van der Waals surface area (Å²) in [4.78, 5) is 35.0. The number of rotatable bonds is 7. The quantitative estimate of drug-likeness (QED) is 0.184. The smallest absolute Gasteiger partial charge is 0.417 e. The number of aromatic nitrogens is 4. The molecule has 2 N–H and O–H groups in total. The van der Waals surface area contributed by atoms with Crippen molar-refractivity contribution in [1.82, 2.24) is 24.3 Å². The first-order valence-electron chi connectivity index (χ1n) is 15.1. The van der Waals surface area contributed by atoms with Crippen LogP contribution in [0, 0.1) is 6.92 Å². The Morgan fingerprint density at radius 1 is 1.17 bits per heavy atom. The van der Waals surface area contributed by atoms with Crippen molar-refractivity contribution >= 4 is 33.9 Å². The number of benzene rings is 1. The predicted octanol–water partition coefficient (Wildman–Crippen LogP) is 5.25. The molecular weight excluding hydrogens is 613 g/mol. The van der Waals surface area contributed by atoms with Crippen LogP contribution in [0.4, 0.5) is 18.9 Å². The van der Waals surface area contributed by atoms with E-state index in [9.17, 15) is 22.8 Å². The third-order valence-corrected chi connectivity index (χ3v) is 8.67. The summed E-state index contributed by atoms with van der Waals surface area (Å²) in [6.45, 7) is 5.62. The predicted molar refractivity (Wildman–Crippen MR) is 169 cm³/mol. The number of aryl methyl sites for hydroxylation is 2. The van der Waals surface area contributed by atoms with Crippen LogP contribution in [0.3, 0.4) is 0 Å². The highest BCUT2D eigenvalue weighted by Gasteiger charge is 2.39.